The summed E-state index contributed by atoms with van der Waals surface area (Å²) in [7, 11) is 0. The summed E-state index contributed by atoms with van der Waals surface area (Å²) >= 11 is 0. The Morgan fingerprint density at radius 2 is 2.14 bits per heavy atom. The molecule has 2 unspecified atom stereocenters. The van der Waals surface area contributed by atoms with Crippen molar-refractivity contribution in [3.63, 3.8) is 0 Å². The summed E-state index contributed by atoms with van der Waals surface area (Å²) in [5.41, 5.74) is -0.187. The number of aliphatic hydroxyl groups excluding tert-OH is 1. The van der Waals surface area contributed by atoms with Crippen LogP contribution in [0.3, 0.4) is 0 Å². The molecule has 1 N–H and O–H groups in total. The van der Waals surface area contributed by atoms with Gasteiger partial charge in [0.15, 0.2) is 0 Å². The van der Waals surface area contributed by atoms with Gasteiger partial charge in [0.05, 0.1) is 11.6 Å². The molecule has 0 bridgehead atoms. The Bertz CT molecular complexity index is 520. The standard InChI is InChI=1S/C15H27N5O2/c1-11-8-18(9-12(2)21)6-7-19(11)14(22)13-16-10-20(17-13)15(3,4)5/h10-12,21H,6-9H2,1-5H3. The van der Waals surface area contributed by atoms with E-state index in [4.69, 9.17) is 0 Å². The predicted molar refractivity (Wildman–Crippen MR) is 83.6 cm³/mol. The Balaban J connectivity index is 2.03. The molecule has 2 atom stereocenters. The Hall–Kier alpha value is -1.47. The van der Waals surface area contributed by atoms with Gasteiger partial charge in [0.25, 0.3) is 5.91 Å². The lowest BCUT2D eigenvalue weighted by atomic mass is 10.1. The van der Waals surface area contributed by atoms with Gasteiger partial charge in [-0.2, -0.15) is 0 Å². The molecule has 0 aliphatic carbocycles. The number of carbonyl (C=O) groups is 1. The van der Waals surface area contributed by atoms with Crippen molar-refractivity contribution in [1.29, 1.82) is 0 Å². The lowest BCUT2D eigenvalue weighted by Gasteiger charge is -2.39. The number of β-amino-alcohol motifs (C(OH)–C–C–N with tert-alkyl or cyclic N) is 1. The number of piperazine rings is 1. The molecule has 2 rings (SSSR count). The molecule has 1 saturated heterocycles. The van der Waals surface area contributed by atoms with E-state index in [-0.39, 0.29) is 29.4 Å². The smallest absolute Gasteiger partial charge is 0.293 e. The summed E-state index contributed by atoms with van der Waals surface area (Å²) in [5, 5.41) is 13.8. The maximum absolute atomic E-state index is 12.6. The summed E-state index contributed by atoms with van der Waals surface area (Å²) < 4.78 is 1.72. The summed E-state index contributed by atoms with van der Waals surface area (Å²) in [5.74, 6) is 0.137. The van der Waals surface area contributed by atoms with Crippen molar-refractivity contribution in [3.05, 3.63) is 12.2 Å². The topological polar surface area (TPSA) is 74.5 Å². The largest absolute Gasteiger partial charge is 0.392 e. The van der Waals surface area contributed by atoms with E-state index >= 15 is 0 Å². The first kappa shape index (κ1) is 16.9. The lowest BCUT2D eigenvalue weighted by Crippen LogP contribution is -2.55. The molecular formula is C15H27N5O2. The first-order valence-corrected chi connectivity index (χ1v) is 7.82. The number of amides is 1. The van der Waals surface area contributed by atoms with Gasteiger partial charge in [-0.1, -0.05) is 0 Å². The van der Waals surface area contributed by atoms with Gasteiger partial charge in [0, 0.05) is 32.2 Å². The molecule has 7 heteroatoms. The molecule has 1 aromatic heterocycles. The van der Waals surface area contributed by atoms with Crippen molar-refractivity contribution in [1.82, 2.24) is 24.6 Å². The van der Waals surface area contributed by atoms with E-state index in [0.717, 1.165) is 13.1 Å². The van der Waals surface area contributed by atoms with E-state index in [2.05, 4.69) is 15.0 Å². The summed E-state index contributed by atoms with van der Waals surface area (Å²) in [6.07, 6.45) is 1.26. The maximum atomic E-state index is 12.6. The molecule has 0 aromatic carbocycles. The van der Waals surface area contributed by atoms with Gasteiger partial charge in [0.1, 0.15) is 6.33 Å². The van der Waals surface area contributed by atoms with Gasteiger partial charge in [-0.15, -0.1) is 5.10 Å². The van der Waals surface area contributed by atoms with Crippen molar-refractivity contribution in [2.75, 3.05) is 26.2 Å². The first-order valence-electron chi connectivity index (χ1n) is 7.82. The normalized spacial score (nSPS) is 21.9. The molecule has 0 saturated carbocycles. The molecule has 1 amide bonds. The fourth-order valence-electron chi connectivity index (χ4n) is 2.69. The Morgan fingerprint density at radius 3 is 2.64 bits per heavy atom. The van der Waals surface area contributed by atoms with Gasteiger partial charge in [0.2, 0.25) is 5.82 Å². The SMILES string of the molecule is CC(O)CN1CCN(C(=O)c2ncn(C(C)(C)C)n2)C(C)C1. The zero-order valence-electron chi connectivity index (χ0n) is 14.2. The molecule has 0 radical (unpaired) electrons. The number of aliphatic hydroxyl groups is 1. The number of hydrogen-bond donors (Lipinski definition) is 1. The van der Waals surface area contributed by atoms with Crippen LogP contribution in [0.4, 0.5) is 0 Å². The van der Waals surface area contributed by atoms with E-state index in [9.17, 15) is 9.90 Å². The van der Waals surface area contributed by atoms with Gasteiger partial charge in [-0.25, -0.2) is 9.67 Å². The minimum atomic E-state index is -0.349. The van der Waals surface area contributed by atoms with Crippen LogP contribution in [0, 0.1) is 0 Å². The zero-order chi connectivity index (χ0) is 16.5. The third kappa shape index (κ3) is 3.84. The second-order valence-corrected chi connectivity index (χ2v) is 7.14. The molecule has 124 valence electrons. The third-order valence-corrected chi connectivity index (χ3v) is 3.87. The Labute approximate surface area is 131 Å². The Morgan fingerprint density at radius 1 is 1.45 bits per heavy atom. The lowest BCUT2D eigenvalue weighted by molar-refractivity contribution is 0.0373. The number of hydrogen-bond acceptors (Lipinski definition) is 5. The number of nitrogens with zero attached hydrogens (tertiary/aromatic N) is 5. The second-order valence-electron chi connectivity index (χ2n) is 7.14. The van der Waals surface area contributed by atoms with Gasteiger partial charge < -0.3 is 10.0 Å². The highest BCUT2D eigenvalue weighted by molar-refractivity contribution is 5.90. The van der Waals surface area contributed by atoms with Crippen LogP contribution in [0.1, 0.15) is 45.2 Å². The van der Waals surface area contributed by atoms with Crippen LogP contribution in [0.2, 0.25) is 0 Å². The molecule has 1 fully saturated rings. The maximum Gasteiger partial charge on any atom is 0.293 e. The van der Waals surface area contributed by atoms with Crippen molar-refractivity contribution < 1.29 is 9.90 Å². The van der Waals surface area contributed by atoms with Crippen molar-refractivity contribution in [3.8, 4) is 0 Å². The van der Waals surface area contributed by atoms with Gasteiger partial charge >= 0.3 is 0 Å². The van der Waals surface area contributed by atoms with E-state index in [1.807, 2.05) is 32.6 Å². The highest BCUT2D eigenvalue weighted by atomic mass is 16.3. The summed E-state index contributed by atoms with van der Waals surface area (Å²) in [4.78, 5) is 20.8. The monoisotopic (exact) mass is 309 g/mol. The number of rotatable bonds is 3. The van der Waals surface area contributed by atoms with Gasteiger partial charge in [-0.05, 0) is 34.6 Å². The summed E-state index contributed by atoms with van der Waals surface area (Å²) in [6, 6.07) is 0.0848. The number of carbonyl (C=O) groups excluding carboxylic acids is 1. The third-order valence-electron chi connectivity index (χ3n) is 3.87. The van der Waals surface area contributed by atoms with Crippen molar-refractivity contribution in [2.45, 2.75) is 52.3 Å². The van der Waals surface area contributed by atoms with Crippen LogP contribution in [-0.4, -0.2) is 73.9 Å². The van der Waals surface area contributed by atoms with Crippen LogP contribution in [-0.2, 0) is 5.54 Å². The predicted octanol–water partition coefficient (Wildman–Crippen LogP) is 0.560. The van der Waals surface area contributed by atoms with Crippen LogP contribution in [0.25, 0.3) is 0 Å². The van der Waals surface area contributed by atoms with Crippen LogP contribution in [0.15, 0.2) is 6.33 Å². The van der Waals surface area contributed by atoms with Crippen molar-refractivity contribution >= 4 is 5.91 Å². The minimum Gasteiger partial charge on any atom is -0.392 e. The molecule has 1 aliphatic heterocycles. The fourth-order valence-corrected chi connectivity index (χ4v) is 2.69. The van der Waals surface area contributed by atoms with E-state index < -0.39 is 0 Å². The molecule has 1 aromatic rings. The van der Waals surface area contributed by atoms with Gasteiger partial charge in [-0.3, -0.25) is 9.69 Å². The van der Waals surface area contributed by atoms with Crippen LogP contribution < -0.4 is 0 Å². The van der Waals surface area contributed by atoms with Crippen LogP contribution >= 0.6 is 0 Å². The average molecular weight is 309 g/mol. The molecule has 7 nitrogen and oxygen atoms in total. The minimum absolute atomic E-state index is 0.0848. The molecule has 22 heavy (non-hydrogen) atoms. The van der Waals surface area contributed by atoms with Crippen LogP contribution in [0.5, 0.6) is 0 Å². The Kier molecular flexibility index (Phi) is 4.87. The molecular weight excluding hydrogens is 282 g/mol. The molecule has 0 spiro atoms. The van der Waals surface area contributed by atoms with E-state index in [1.165, 1.54) is 0 Å². The van der Waals surface area contributed by atoms with Crippen molar-refractivity contribution in [2.24, 2.45) is 0 Å². The fraction of sp³-hybridized carbons (Fsp3) is 0.800. The second kappa shape index (κ2) is 6.34. The first-order chi connectivity index (χ1) is 10.2. The highest BCUT2D eigenvalue weighted by Gasteiger charge is 2.30. The quantitative estimate of drug-likeness (QED) is 0.883. The van der Waals surface area contributed by atoms with E-state index in [0.29, 0.717) is 13.1 Å². The molecule has 1 aliphatic rings. The zero-order valence-corrected chi connectivity index (χ0v) is 14.2. The average Bonchev–Trinajstić information content (AvgIpc) is 2.86. The molecule has 2 heterocycles. The summed E-state index contributed by atoms with van der Waals surface area (Å²) in [6.45, 7) is 12.7. The highest BCUT2D eigenvalue weighted by Crippen LogP contribution is 2.15. The number of aromatic nitrogens is 3. The van der Waals surface area contributed by atoms with E-state index in [1.54, 1.807) is 17.9 Å².